The van der Waals surface area contributed by atoms with E-state index in [4.69, 9.17) is 9.02 Å². The molecule has 0 saturated heterocycles. The Labute approximate surface area is 120 Å². The van der Waals surface area contributed by atoms with Crippen LogP contribution in [0.5, 0.6) is 0 Å². The summed E-state index contributed by atoms with van der Waals surface area (Å²) in [5.41, 5.74) is 1.64. The van der Waals surface area contributed by atoms with Crippen molar-refractivity contribution in [1.82, 2.24) is 11.6 Å². The fraction of sp³-hybridized carbons (Fsp3) is 0.727. The number of nitrogens with one attached hydrogen (secondary N) is 1. The van der Waals surface area contributed by atoms with Gasteiger partial charge in [0.2, 0.25) is 0 Å². The van der Waals surface area contributed by atoms with Crippen molar-refractivity contribution in [1.29, 1.82) is 0 Å². The first-order valence-corrected chi connectivity index (χ1v) is 7.02. The van der Waals surface area contributed by atoms with E-state index >= 15 is 0 Å². The average molecular weight is 312 g/mol. The molecule has 0 spiro atoms. The van der Waals surface area contributed by atoms with Crippen LogP contribution in [0, 0.1) is 0 Å². The normalized spacial score (nSPS) is 11.6. The van der Waals surface area contributed by atoms with Gasteiger partial charge in [0.1, 0.15) is 0 Å². The summed E-state index contributed by atoms with van der Waals surface area (Å²) >= 11 is 0. The van der Waals surface area contributed by atoms with Gasteiger partial charge in [0.15, 0.2) is 0 Å². The Morgan fingerprint density at radius 1 is 1.35 bits per heavy atom. The summed E-state index contributed by atoms with van der Waals surface area (Å²) in [5, 5.41) is 0. The van der Waals surface area contributed by atoms with Crippen molar-refractivity contribution in [2.24, 2.45) is 0 Å². The summed E-state index contributed by atoms with van der Waals surface area (Å²) < 4.78 is 31.3. The van der Waals surface area contributed by atoms with Crippen LogP contribution in [0.2, 0.25) is 0 Å². The van der Waals surface area contributed by atoms with Crippen molar-refractivity contribution < 1.29 is 26.4 Å². The minimum atomic E-state index is -3.97. The molecule has 0 rings (SSSR count). The van der Waals surface area contributed by atoms with E-state index in [1.54, 1.807) is 20.8 Å². The molecule has 8 nitrogen and oxygen atoms in total. The van der Waals surface area contributed by atoms with Crippen molar-refractivity contribution in [2.45, 2.75) is 39.2 Å². The molecule has 20 heavy (non-hydrogen) atoms. The Morgan fingerprint density at radius 3 is 2.35 bits per heavy atom. The number of carbonyl (C=O) groups excluding carboxylic acids is 1. The van der Waals surface area contributed by atoms with Gasteiger partial charge in [-0.2, -0.15) is 8.42 Å². The highest BCUT2D eigenvalue weighted by atomic mass is 32.3. The molecule has 0 aliphatic carbocycles. The van der Waals surface area contributed by atoms with Crippen LogP contribution in [-0.4, -0.2) is 33.6 Å². The van der Waals surface area contributed by atoms with E-state index in [1.807, 2.05) is 0 Å². The van der Waals surface area contributed by atoms with Gasteiger partial charge in [-0.3, -0.25) is 13.8 Å². The molecule has 120 valence electrons. The molecule has 1 amide bonds. The van der Waals surface area contributed by atoms with Crippen LogP contribution >= 0.6 is 0 Å². The fourth-order valence-electron chi connectivity index (χ4n) is 1.13. The van der Waals surface area contributed by atoms with Crippen molar-refractivity contribution in [3.8, 4) is 0 Å². The molecule has 9 heteroatoms. The number of hydrogen-bond donors (Lipinski definition) is 2. The first-order valence-electron chi connectivity index (χ1n) is 5.68. The summed E-state index contributed by atoms with van der Waals surface area (Å²) in [6, 6.07) is 0. The highest BCUT2D eigenvalue weighted by Gasteiger charge is 2.26. The molecule has 0 aliphatic heterocycles. The second kappa shape index (κ2) is 9.03. The maximum Gasteiger partial charge on any atom is 0.400 e. The van der Waals surface area contributed by atoms with E-state index in [2.05, 4.69) is 16.2 Å². The number of hydroxylamine groups is 1. The molecule has 0 atom stereocenters. The predicted molar refractivity (Wildman–Crippen MR) is 74.3 cm³/mol. The molecule has 0 heterocycles. The van der Waals surface area contributed by atoms with E-state index in [0.29, 0.717) is 18.4 Å². The topological polar surface area (TPSA) is 126 Å². The molecule has 4 N–H and O–H groups in total. The lowest BCUT2D eigenvalue weighted by atomic mass is 10.0. The van der Waals surface area contributed by atoms with Gasteiger partial charge in [-0.25, -0.2) is 9.66 Å². The van der Waals surface area contributed by atoms with Crippen molar-refractivity contribution in [2.75, 3.05) is 13.7 Å². The summed E-state index contributed by atoms with van der Waals surface area (Å²) in [4.78, 5) is 16.0. The second-order valence-electron chi connectivity index (χ2n) is 4.58. The minimum absolute atomic E-state index is 0. The molecule has 0 aliphatic rings. The van der Waals surface area contributed by atoms with E-state index < -0.39 is 21.9 Å². The number of amides is 1. The Morgan fingerprint density at radius 2 is 1.90 bits per heavy atom. The van der Waals surface area contributed by atoms with Crippen LogP contribution in [0.15, 0.2) is 12.2 Å². The van der Waals surface area contributed by atoms with E-state index in [1.165, 1.54) is 0 Å². The summed E-state index contributed by atoms with van der Waals surface area (Å²) in [6.07, 6.45) is 0.918. The molecule has 0 bridgehead atoms. The van der Waals surface area contributed by atoms with E-state index in [9.17, 15) is 13.2 Å². The van der Waals surface area contributed by atoms with Gasteiger partial charge in [-0.15, -0.1) is 0 Å². The van der Waals surface area contributed by atoms with Crippen LogP contribution in [0.1, 0.15) is 33.6 Å². The monoisotopic (exact) mass is 312 g/mol. The number of hydrogen-bond acceptors (Lipinski definition) is 7. The Kier molecular flexibility index (Phi) is 9.62. The summed E-state index contributed by atoms with van der Waals surface area (Å²) in [6.45, 7) is 8.49. The number of rotatable bonds is 9. The van der Waals surface area contributed by atoms with E-state index in [0.717, 1.165) is 7.11 Å². The third-order valence-electron chi connectivity index (χ3n) is 2.11. The third-order valence-corrected chi connectivity index (χ3v) is 3.17. The maximum absolute atomic E-state index is 11.1. The average Bonchev–Trinajstić information content (AvgIpc) is 2.26. The van der Waals surface area contributed by atoms with Crippen LogP contribution in [0.25, 0.3) is 0 Å². The van der Waals surface area contributed by atoms with Crippen molar-refractivity contribution >= 4 is 16.3 Å². The molecular weight excluding hydrogens is 288 g/mol. The molecule has 0 unspecified atom stereocenters. The third kappa shape index (κ3) is 9.87. The van der Waals surface area contributed by atoms with Gasteiger partial charge in [-0.05, 0) is 33.6 Å². The highest BCUT2D eigenvalue weighted by Crippen LogP contribution is 2.19. The largest absolute Gasteiger partial charge is 0.400 e. The lowest BCUT2D eigenvalue weighted by Crippen LogP contribution is -2.30. The molecule has 0 aromatic heterocycles. The van der Waals surface area contributed by atoms with Crippen LogP contribution in [0.4, 0.5) is 0 Å². The second-order valence-corrected chi connectivity index (χ2v) is 5.90. The van der Waals surface area contributed by atoms with Gasteiger partial charge < -0.3 is 6.15 Å². The Bertz CT molecular complexity index is 419. The first-order chi connectivity index (χ1) is 8.59. The van der Waals surface area contributed by atoms with Crippen molar-refractivity contribution in [3.05, 3.63) is 12.2 Å². The molecule has 0 saturated carbocycles. The molecule has 0 aromatic rings. The lowest BCUT2D eigenvalue weighted by Gasteiger charge is -2.23. The van der Waals surface area contributed by atoms with Crippen LogP contribution in [-0.2, 0) is 28.4 Å². The quantitative estimate of drug-likeness (QED) is 0.372. The SMILES string of the molecule is C=C(C)C(=O)NOCCCC(C)(C)OS(=O)(=O)OC.N. The maximum atomic E-state index is 11.1. The molecular formula is C11H24N2O6S. The Balaban J connectivity index is 0. The zero-order valence-corrected chi connectivity index (χ0v) is 13.2. The van der Waals surface area contributed by atoms with Gasteiger partial charge in [0.25, 0.3) is 5.91 Å². The summed E-state index contributed by atoms with van der Waals surface area (Å²) in [5.74, 6) is -0.391. The smallest absolute Gasteiger partial charge is 0.344 e. The fourth-order valence-corrected chi connectivity index (χ4v) is 1.83. The minimum Gasteiger partial charge on any atom is -0.344 e. The molecule has 0 fully saturated rings. The standard InChI is InChI=1S/C11H21NO6S.H3N/c1-9(2)10(13)12-17-8-6-7-11(3,4)18-19(14,15)16-5;/h1,6-8H2,2-5H3,(H,12,13);1H3. The predicted octanol–water partition coefficient (Wildman–Crippen LogP) is 1.24. The molecule has 0 aromatic carbocycles. The van der Waals surface area contributed by atoms with Gasteiger partial charge in [0.05, 0.1) is 19.3 Å². The van der Waals surface area contributed by atoms with Gasteiger partial charge >= 0.3 is 10.4 Å². The van der Waals surface area contributed by atoms with Gasteiger partial charge in [0, 0.05) is 5.57 Å². The number of carbonyl (C=O) groups is 1. The molecule has 0 radical (unpaired) electrons. The summed E-state index contributed by atoms with van der Waals surface area (Å²) in [7, 11) is -2.94. The zero-order chi connectivity index (χ0) is 15.1. The van der Waals surface area contributed by atoms with E-state index in [-0.39, 0.29) is 12.8 Å². The lowest BCUT2D eigenvalue weighted by molar-refractivity contribution is -0.129. The van der Waals surface area contributed by atoms with Crippen molar-refractivity contribution in [3.63, 3.8) is 0 Å². The zero-order valence-electron chi connectivity index (χ0n) is 12.4. The van der Waals surface area contributed by atoms with Crippen LogP contribution < -0.4 is 11.6 Å². The van der Waals surface area contributed by atoms with Crippen LogP contribution in [0.3, 0.4) is 0 Å². The van der Waals surface area contributed by atoms with Gasteiger partial charge in [-0.1, -0.05) is 6.58 Å². The highest BCUT2D eigenvalue weighted by molar-refractivity contribution is 7.81. The Hall–Kier alpha value is -1.00. The first kappa shape index (κ1) is 21.3.